The van der Waals surface area contributed by atoms with E-state index in [-0.39, 0.29) is 5.16 Å². The first-order valence-corrected chi connectivity index (χ1v) is 15.6. The first-order valence-electron chi connectivity index (χ1n) is 13.0. The number of thioether (sulfide) groups is 1. The molecule has 3 unspecified atom stereocenters. The van der Waals surface area contributed by atoms with Gasteiger partial charge < -0.3 is 20.6 Å². The lowest BCUT2D eigenvalue weighted by atomic mass is 10.1. The molecular formula is C27H29Cl2N7O6S2. The number of aromatic nitrogens is 4. The van der Waals surface area contributed by atoms with E-state index in [1.807, 2.05) is 30.3 Å². The van der Waals surface area contributed by atoms with Gasteiger partial charge in [0.05, 0.1) is 27.4 Å². The van der Waals surface area contributed by atoms with Gasteiger partial charge in [-0.15, -0.1) is 5.10 Å². The van der Waals surface area contributed by atoms with Crippen molar-refractivity contribution in [3.63, 3.8) is 0 Å². The Kier molecular flexibility index (Phi) is 13.0. The molecule has 0 fully saturated rings. The Labute approximate surface area is 271 Å². The molecule has 3 atom stereocenters. The summed E-state index contributed by atoms with van der Waals surface area (Å²) >= 11 is 14.4. The van der Waals surface area contributed by atoms with Crippen LogP contribution in [0.5, 0.6) is 0 Å². The first-order chi connectivity index (χ1) is 20.9. The maximum Gasteiger partial charge on any atom is 0.305 e. The monoisotopic (exact) mass is 681 g/mol. The lowest BCUT2D eigenvalue weighted by molar-refractivity contribution is -0.142. The molecule has 0 spiro atoms. The molecule has 1 aromatic heterocycles. The molecule has 234 valence electrons. The third-order valence-electron chi connectivity index (χ3n) is 6.23. The fourth-order valence-corrected chi connectivity index (χ4v) is 5.86. The van der Waals surface area contributed by atoms with Gasteiger partial charge in [0.15, 0.2) is 5.78 Å². The lowest BCUT2D eigenvalue weighted by Gasteiger charge is -2.28. The normalized spacial score (nSPS) is 12.9. The number of carboxylic acid groups (broad SMARTS) is 1. The number of carbonyl (C=O) groups excluding carboxylic acids is 4. The van der Waals surface area contributed by atoms with E-state index < -0.39 is 59.9 Å². The standard InChI is InChI=1S/C27H29Cl2N7O6S2/c1-15(30-27(42)43-14-17-8-5-4-6-9-17)25(41)35(3)16(2)24(40)31-20(12-22(38)39)21(37)13-36-26(32-33-34-36)44-23-18(28)10-7-11-19(23)29/h4-11,15-16,20H,12-14H2,1-3H3,(H,30,42)(H,31,40)(H,38,39). The highest BCUT2D eigenvalue weighted by atomic mass is 35.5. The fraction of sp³-hybridized carbons (Fsp3) is 0.333. The highest BCUT2D eigenvalue weighted by molar-refractivity contribution is 8.12. The van der Waals surface area contributed by atoms with E-state index in [0.717, 1.165) is 38.7 Å². The summed E-state index contributed by atoms with van der Waals surface area (Å²) in [7, 11) is 1.37. The van der Waals surface area contributed by atoms with Crippen molar-refractivity contribution in [1.29, 1.82) is 0 Å². The Bertz CT molecular complexity index is 1490. The second-order valence-corrected chi connectivity index (χ2v) is 12.2. The molecule has 3 aromatic rings. The van der Waals surface area contributed by atoms with Crippen LogP contribution in [0.2, 0.25) is 10.0 Å². The Morgan fingerprint density at radius 1 is 1.00 bits per heavy atom. The summed E-state index contributed by atoms with van der Waals surface area (Å²) < 4.78 is 1.13. The van der Waals surface area contributed by atoms with Crippen LogP contribution in [0.25, 0.3) is 0 Å². The van der Waals surface area contributed by atoms with Gasteiger partial charge >= 0.3 is 5.97 Å². The molecule has 2 aromatic carbocycles. The topological polar surface area (TPSA) is 176 Å². The van der Waals surface area contributed by atoms with E-state index in [0.29, 0.717) is 20.7 Å². The molecule has 3 N–H and O–H groups in total. The lowest BCUT2D eigenvalue weighted by Crippen LogP contribution is -2.54. The van der Waals surface area contributed by atoms with Crippen LogP contribution in [0.4, 0.5) is 4.79 Å². The molecule has 44 heavy (non-hydrogen) atoms. The number of Topliss-reactive ketones (excluding diaryl/α,β-unsaturated/α-hetero) is 1. The van der Waals surface area contributed by atoms with Gasteiger partial charge in [-0.05, 0) is 53.7 Å². The molecule has 0 saturated carbocycles. The average molecular weight is 683 g/mol. The zero-order valence-corrected chi connectivity index (χ0v) is 26.9. The van der Waals surface area contributed by atoms with Gasteiger partial charge in [0.1, 0.15) is 18.6 Å². The summed E-state index contributed by atoms with van der Waals surface area (Å²) in [6.45, 7) is 2.43. The Morgan fingerprint density at radius 3 is 2.30 bits per heavy atom. The number of carbonyl (C=O) groups is 5. The zero-order chi connectivity index (χ0) is 32.4. The van der Waals surface area contributed by atoms with Gasteiger partial charge in [0.2, 0.25) is 17.0 Å². The smallest absolute Gasteiger partial charge is 0.305 e. The SMILES string of the molecule is CC(NC(=O)SCc1ccccc1)C(=O)N(C)C(C)C(=O)NC(CC(=O)O)C(=O)Cn1nnnc1Sc1c(Cl)cccc1Cl. The number of likely N-dealkylation sites (N-methyl/N-ethyl adjacent to an activating group) is 1. The number of nitrogens with one attached hydrogen (secondary N) is 2. The number of benzene rings is 2. The van der Waals surface area contributed by atoms with Crippen molar-refractivity contribution in [2.75, 3.05) is 7.05 Å². The minimum atomic E-state index is -1.46. The number of aliphatic carboxylic acids is 1. The van der Waals surface area contributed by atoms with Crippen LogP contribution in [0.15, 0.2) is 58.6 Å². The molecule has 0 bridgehead atoms. The van der Waals surface area contributed by atoms with Gasteiger partial charge in [-0.25, -0.2) is 4.68 Å². The van der Waals surface area contributed by atoms with Crippen molar-refractivity contribution in [2.24, 2.45) is 0 Å². The van der Waals surface area contributed by atoms with Crippen molar-refractivity contribution >= 4 is 75.5 Å². The van der Waals surface area contributed by atoms with Gasteiger partial charge in [-0.3, -0.25) is 24.0 Å². The summed E-state index contributed by atoms with van der Waals surface area (Å²) in [5, 5.41) is 26.1. The van der Waals surface area contributed by atoms with E-state index >= 15 is 0 Å². The van der Waals surface area contributed by atoms with Crippen LogP contribution < -0.4 is 10.6 Å². The van der Waals surface area contributed by atoms with E-state index in [1.54, 1.807) is 18.2 Å². The Hall–Kier alpha value is -3.66. The van der Waals surface area contributed by atoms with Gasteiger partial charge in [0.25, 0.3) is 5.24 Å². The summed E-state index contributed by atoms with van der Waals surface area (Å²) in [4.78, 5) is 64.6. The minimum Gasteiger partial charge on any atom is -0.481 e. The van der Waals surface area contributed by atoms with E-state index in [9.17, 15) is 29.1 Å². The minimum absolute atomic E-state index is 0.158. The number of tetrazole rings is 1. The predicted molar refractivity (Wildman–Crippen MR) is 166 cm³/mol. The van der Waals surface area contributed by atoms with Crippen molar-refractivity contribution in [2.45, 2.75) is 60.7 Å². The van der Waals surface area contributed by atoms with Crippen molar-refractivity contribution < 1.29 is 29.1 Å². The molecular weight excluding hydrogens is 653 g/mol. The van der Waals surface area contributed by atoms with Gasteiger partial charge in [-0.1, -0.05) is 71.4 Å². The van der Waals surface area contributed by atoms with Crippen molar-refractivity contribution in [3.8, 4) is 0 Å². The van der Waals surface area contributed by atoms with Gasteiger partial charge in [0, 0.05) is 12.8 Å². The molecule has 17 heteroatoms. The van der Waals surface area contributed by atoms with Crippen molar-refractivity contribution in [3.05, 3.63) is 64.1 Å². The van der Waals surface area contributed by atoms with Crippen LogP contribution in [0, 0.1) is 0 Å². The van der Waals surface area contributed by atoms with Crippen LogP contribution in [0.1, 0.15) is 25.8 Å². The molecule has 0 aliphatic rings. The van der Waals surface area contributed by atoms with Crippen LogP contribution >= 0.6 is 46.7 Å². The van der Waals surface area contributed by atoms with E-state index in [4.69, 9.17) is 23.2 Å². The molecule has 3 rings (SSSR count). The Morgan fingerprint density at radius 2 is 1.66 bits per heavy atom. The number of nitrogens with zero attached hydrogens (tertiary/aromatic N) is 5. The first kappa shape index (κ1) is 34.8. The summed E-state index contributed by atoms with van der Waals surface area (Å²) in [5.41, 5.74) is 0.944. The molecule has 1 heterocycles. The van der Waals surface area contributed by atoms with E-state index in [2.05, 4.69) is 26.2 Å². The van der Waals surface area contributed by atoms with Crippen LogP contribution in [0.3, 0.4) is 0 Å². The molecule has 13 nitrogen and oxygen atoms in total. The largest absolute Gasteiger partial charge is 0.481 e. The maximum absolute atomic E-state index is 13.2. The number of ketones is 1. The summed E-state index contributed by atoms with van der Waals surface area (Å²) in [6.07, 6.45) is -0.721. The molecule has 3 amide bonds. The van der Waals surface area contributed by atoms with Gasteiger partial charge in [-0.2, -0.15) is 0 Å². The summed E-state index contributed by atoms with van der Waals surface area (Å²) in [5.74, 6) is -2.95. The third-order valence-corrected chi connectivity index (χ3v) is 9.06. The van der Waals surface area contributed by atoms with Crippen LogP contribution in [-0.4, -0.2) is 84.2 Å². The number of amides is 3. The number of hydrogen-bond donors (Lipinski definition) is 3. The number of rotatable bonds is 14. The zero-order valence-electron chi connectivity index (χ0n) is 23.8. The quantitative estimate of drug-likeness (QED) is 0.227. The maximum atomic E-state index is 13.2. The highest BCUT2D eigenvalue weighted by Crippen LogP contribution is 2.37. The molecule has 0 aliphatic carbocycles. The molecule has 0 saturated heterocycles. The average Bonchev–Trinajstić information content (AvgIpc) is 3.42. The molecule has 0 radical (unpaired) electrons. The number of halogens is 2. The Balaban J connectivity index is 1.60. The van der Waals surface area contributed by atoms with Crippen LogP contribution in [-0.2, 0) is 31.5 Å². The second-order valence-electron chi connectivity index (χ2n) is 9.45. The van der Waals surface area contributed by atoms with E-state index in [1.165, 1.54) is 20.9 Å². The predicted octanol–water partition coefficient (Wildman–Crippen LogP) is 3.54. The fourth-order valence-electron chi connectivity index (χ4n) is 3.69. The molecule has 0 aliphatic heterocycles. The third kappa shape index (κ3) is 9.94. The highest BCUT2D eigenvalue weighted by Gasteiger charge is 2.31. The number of hydrogen-bond acceptors (Lipinski definition) is 10. The number of carboxylic acids is 1. The van der Waals surface area contributed by atoms with Crippen molar-refractivity contribution in [1.82, 2.24) is 35.7 Å². The second kappa shape index (κ2) is 16.4. The summed E-state index contributed by atoms with van der Waals surface area (Å²) in [6, 6.07) is 10.7.